The van der Waals surface area contributed by atoms with Crippen molar-refractivity contribution in [2.45, 2.75) is 18.9 Å². The molecule has 0 saturated heterocycles. The number of rotatable bonds is 7. The lowest BCUT2D eigenvalue weighted by Crippen LogP contribution is -2.46. The summed E-state index contributed by atoms with van der Waals surface area (Å²) in [5, 5.41) is 3.05. The fourth-order valence-electron chi connectivity index (χ4n) is 1.45. The molecule has 1 fully saturated rings. The van der Waals surface area contributed by atoms with E-state index in [0.717, 1.165) is 39.0 Å². The lowest BCUT2D eigenvalue weighted by molar-refractivity contribution is 0.185. The Bertz CT molecular complexity index is 227. The Hall–Kier alpha value is -0.810. The zero-order chi connectivity index (χ0) is 12.8. The van der Waals surface area contributed by atoms with E-state index in [1.807, 2.05) is 33.1 Å². The largest absolute Gasteiger partial charge is 0.335 e. The van der Waals surface area contributed by atoms with Crippen LogP contribution in [0.4, 0.5) is 4.79 Å². The van der Waals surface area contributed by atoms with Gasteiger partial charge in [0, 0.05) is 32.2 Å². The normalized spacial score (nSPS) is 15.4. The SMILES string of the molecule is CN(C)CCN(CCN(C)C)C(=O)NC1CC1. The second-order valence-corrected chi connectivity index (χ2v) is 5.32. The number of nitrogens with zero attached hydrogens (tertiary/aromatic N) is 3. The van der Waals surface area contributed by atoms with Crippen LogP contribution in [-0.2, 0) is 0 Å². The summed E-state index contributed by atoms with van der Waals surface area (Å²) in [7, 11) is 8.12. The molecule has 0 atom stereocenters. The van der Waals surface area contributed by atoms with Crippen molar-refractivity contribution in [1.82, 2.24) is 20.0 Å². The number of nitrogens with one attached hydrogen (secondary N) is 1. The van der Waals surface area contributed by atoms with Crippen molar-refractivity contribution in [2.75, 3.05) is 54.4 Å². The molecular weight excluding hydrogens is 216 g/mol. The molecule has 1 N–H and O–H groups in total. The highest BCUT2D eigenvalue weighted by atomic mass is 16.2. The van der Waals surface area contributed by atoms with Crippen molar-refractivity contribution in [3.63, 3.8) is 0 Å². The van der Waals surface area contributed by atoms with Gasteiger partial charge in [-0.25, -0.2) is 4.79 Å². The van der Waals surface area contributed by atoms with Crippen molar-refractivity contribution in [3.8, 4) is 0 Å². The molecule has 100 valence electrons. The molecule has 1 aliphatic rings. The summed E-state index contributed by atoms with van der Waals surface area (Å²) in [5.41, 5.74) is 0. The fourth-order valence-corrected chi connectivity index (χ4v) is 1.45. The molecule has 0 aromatic rings. The zero-order valence-corrected chi connectivity index (χ0v) is 11.6. The third kappa shape index (κ3) is 6.48. The van der Waals surface area contributed by atoms with E-state index >= 15 is 0 Å². The van der Waals surface area contributed by atoms with Crippen LogP contribution in [-0.4, -0.2) is 81.1 Å². The molecule has 0 aromatic heterocycles. The summed E-state index contributed by atoms with van der Waals surface area (Å²) < 4.78 is 0. The van der Waals surface area contributed by atoms with Crippen molar-refractivity contribution in [2.24, 2.45) is 0 Å². The van der Waals surface area contributed by atoms with Gasteiger partial charge in [0.1, 0.15) is 0 Å². The van der Waals surface area contributed by atoms with Gasteiger partial charge in [0.25, 0.3) is 0 Å². The van der Waals surface area contributed by atoms with E-state index in [-0.39, 0.29) is 6.03 Å². The van der Waals surface area contributed by atoms with Gasteiger partial charge in [-0.3, -0.25) is 0 Å². The number of likely N-dealkylation sites (N-methyl/N-ethyl adjacent to an activating group) is 2. The first kappa shape index (κ1) is 14.3. The monoisotopic (exact) mass is 242 g/mol. The second-order valence-electron chi connectivity index (χ2n) is 5.32. The van der Waals surface area contributed by atoms with Gasteiger partial charge < -0.3 is 20.0 Å². The first-order chi connectivity index (χ1) is 7.99. The first-order valence-corrected chi connectivity index (χ1v) is 6.34. The van der Waals surface area contributed by atoms with E-state index in [4.69, 9.17) is 0 Å². The molecule has 0 aromatic carbocycles. The quantitative estimate of drug-likeness (QED) is 0.697. The molecule has 1 aliphatic carbocycles. The smallest absolute Gasteiger partial charge is 0.317 e. The Morgan fingerprint density at radius 1 is 1.00 bits per heavy atom. The number of hydrogen-bond donors (Lipinski definition) is 1. The zero-order valence-electron chi connectivity index (χ0n) is 11.6. The Kier molecular flexibility index (Phi) is 5.71. The Morgan fingerprint density at radius 3 is 1.82 bits per heavy atom. The maximum atomic E-state index is 12.0. The van der Waals surface area contributed by atoms with Crippen LogP contribution < -0.4 is 5.32 Å². The third-order valence-electron chi connectivity index (χ3n) is 2.83. The molecule has 1 rings (SSSR count). The molecule has 5 heteroatoms. The number of hydrogen-bond acceptors (Lipinski definition) is 3. The van der Waals surface area contributed by atoms with Crippen molar-refractivity contribution in [3.05, 3.63) is 0 Å². The van der Waals surface area contributed by atoms with E-state index in [1.54, 1.807) is 0 Å². The highest BCUT2D eigenvalue weighted by Crippen LogP contribution is 2.18. The Balaban J connectivity index is 2.35. The van der Waals surface area contributed by atoms with Gasteiger partial charge in [0.15, 0.2) is 0 Å². The Morgan fingerprint density at radius 2 is 1.47 bits per heavy atom. The molecule has 2 amide bonds. The minimum Gasteiger partial charge on any atom is -0.335 e. The lowest BCUT2D eigenvalue weighted by Gasteiger charge is -2.26. The van der Waals surface area contributed by atoms with Crippen LogP contribution in [0.5, 0.6) is 0 Å². The van der Waals surface area contributed by atoms with Gasteiger partial charge in [-0.15, -0.1) is 0 Å². The lowest BCUT2D eigenvalue weighted by atomic mass is 10.4. The summed E-state index contributed by atoms with van der Waals surface area (Å²) in [6, 6.07) is 0.528. The van der Waals surface area contributed by atoms with Crippen LogP contribution in [0.2, 0.25) is 0 Å². The number of amides is 2. The van der Waals surface area contributed by atoms with Crippen molar-refractivity contribution >= 4 is 6.03 Å². The van der Waals surface area contributed by atoms with Crippen LogP contribution in [0.15, 0.2) is 0 Å². The maximum Gasteiger partial charge on any atom is 0.317 e. The van der Waals surface area contributed by atoms with Gasteiger partial charge in [0.05, 0.1) is 0 Å². The number of carbonyl (C=O) groups excluding carboxylic acids is 1. The first-order valence-electron chi connectivity index (χ1n) is 6.34. The molecule has 17 heavy (non-hydrogen) atoms. The second kappa shape index (κ2) is 6.81. The van der Waals surface area contributed by atoms with Gasteiger partial charge in [-0.1, -0.05) is 0 Å². The molecular formula is C12H26N4O. The van der Waals surface area contributed by atoms with Gasteiger partial charge in [0.2, 0.25) is 0 Å². The molecule has 0 heterocycles. The summed E-state index contributed by atoms with van der Waals surface area (Å²) >= 11 is 0. The maximum absolute atomic E-state index is 12.0. The molecule has 0 unspecified atom stereocenters. The third-order valence-corrected chi connectivity index (χ3v) is 2.83. The standard InChI is InChI=1S/C12H26N4O/c1-14(2)7-9-16(10-8-15(3)4)12(17)13-11-5-6-11/h11H,5-10H2,1-4H3,(H,13,17). The average molecular weight is 242 g/mol. The Labute approximate surface area is 105 Å². The van der Waals surface area contributed by atoms with Crippen molar-refractivity contribution < 1.29 is 4.79 Å². The number of carbonyl (C=O) groups is 1. The van der Waals surface area contributed by atoms with E-state index < -0.39 is 0 Å². The van der Waals surface area contributed by atoms with Crippen LogP contribution in [0.1, 0.15) is 12.8 Å². The minimum atomic E-state index is 0.0937. The molecule has 0 bridgehead atoms. The van der Waals surface area contributed by atoms with E-state index in [1.165, 1.54) is 0 Å². The van der Waals surface area contributed by atoms with Gasteiger partial charge in [-0.05, 0) is 41.0 Å². The summed E-state index contributed by atoms with van der Waals surface area (Å²) in [4.78, 5) is 18.1. The average Bonchev–Trinajstić information content (AvgIpc) is 3.00. The highest BCUT2D eigenvalue weighted by Gasteiger charge is 2.25. The molecule has 0 spiro atoms. The van der Waals surface area contributed by atoms with Gasteiger partial charge in [-0.2, -0.15) is 0 Å². The van der Waals surface area contributed by atoms with Crippen LogP contribution >= 0.6 is 0 Å². The minimum absolute atomic E-state index is 0.0937. The summed E-state index contributed by atoms with van der Waals surface area (Å²) in [6.45, 7) is 3.40. The van der Waals surface area contributed by atoms with E-state index in [9.17, 15) is 4.79 Å². The van der Waals surface area contributed by atoms with E-state index in [0.29, 0.717) is 6.04 Å². The molecule has 5 nitrogen and oxygen atoms in total. The fraction of sp³-hybridized carbons (Fsp3) is 0.917. The topological polar surface area (TPSA) is 38.8 Å². The summed E-state index contributed by atoms with van der Waals surface area (Å²) in [5.74, 6) is 0. The molecule has 0 radical (unpaired) electrons. The molecule has 0 aliphatic heterocycles. The predicted octanol–water partition coefficient (Wildman–Crippen LogP) is 0.284. The van der Waals surface area contributed by atoms with Gasteiger partial charge >= 0.3 is 6.03 Å². The van der Waals surface area contributed by atoms with Crippen LogP contribution in [0.3, 0.4) is 0 Å². The van der Waals surface area contributed by atoms with Crippen molar-refractivity contribution in [1.29, 1.82) is 0 Å². The highest BCUT2D eigenvalue weighted by molar-refractivity contribution is 5.74. The number of urea groups is 1. The van der Waals surface area contributed by atoms with Crippen LogP contribution in [0, 0.1) is 0 Å². The summed E-state index contributed by atoms with van der Waals surface area (Å²) in [6.07, 6.45) is 2.28. The van der Waals surface area contributed by atoms with Crippen LogP contribution in [0.25, 0.3) is 0 Å². The predicted molar refractivity (Wildman–Crippen MR) is 70.2 cm³/mol. The van der Waals surface area contributed by atoms with E-state index in [2.05, 4.69) is 15.1 Å². The molecule has 1 saturated carbocycles.